The summed E-state index contributed by atoms with van der Waals surface area (Å²) in [5, 5.41) is 2.28. The van der Waals surface area contributed by atoms with Gasteiger partial charge in [0, 0.05) is 18.1 Å². The molecule has 3 amide bonds. The lowest BCUT2D eigenvalue weighted by Crippen LogP contribution is -2.54. The van der Waals surface area contributed by atoms with Crippen LogP contribution in [0.15, 0.2) is 64.6 Å². The number of nitrogens with one attached hydrogen (secondary N) is 1. The van der Waals surface area contributed by atoms with Crippen LogP contribution in [-0.4, -0.2) is 29.3 Å². The quantitative estimate of drug-likeness (QED) is 0.770. The van der Waals surface area contributed by atoms with E-state index in [-0.39, 0.29) is 17.0 Å². The zero-order chi connectivity index (χ0) is 23.2. The maximum Gasteiger partial charge on any atom is 0.349 e. The Balaban J connectivity index is 1.48. The number of rotatable bonds is 4. The molecule has 1 fully saturated rings. The molecule has 7 nitrogen and oxygen atoms in total. The minimum absolute atomic E-state index is 0.0724. The molecule has 0 saturated heterocycles. The van der Waals surface area contributed by atoms with Crippen LogP contribution < -0.4 is 10.1 Å². The van der Waals surface area contributed by atoms with Crippen molar-refractivity contribution in [3.05, 3.63) is 65.7 Å². The van der Waals surface area contributed by atoms with Crippen molar-refractivity contribution >= 4 is 29.3 Å². The molecule has 0 radical (unpaired) electrons. The van der Waals surface area contributed by atoms with Gasteiger partial charge in [0.1, 0.15) is 29.9 Å². The molecule has 33 heavy (non-hydrogen) atoms. The number of urea groups is 1. The van der Waals surface area contributed by atoms with Gasteiger partial charge in [-0.1, -0.05) is 56.3 Å². The number of carbonyl (C=O) groups excluding carboxylic acids is 3. The van der Waals surface area contributed by atoms with Crippen LogP contribution in [0.3, 0.4) is 0 Å². The van der Waals surface area contributed by atoms with E-state index < -0.39 is 29.7 Å². The molecule has 0 aromatic heterocycles. The molecule has 1 saturated carbocycles. The molecule has 3 atom stereocenters. The summed E-state index contributed by atoms with van der Waals surface area (Å²) >= 11 is 0. The van der Waals surface area contributed by atoms with Gasteiger partial charge in [-0.05, 0) is 35.1 Å². The Morgan fingerprint density at radius 3 is 2.39 bits per heavy atom. The lowest BCUT2D eigenvalue weighted by molar-refractivity contribution is -0.126. The van der Waals surface area contributed by atoms with Crippen LogP contribution in [0, 0.1) is 17.3 Å². The summed E-state index contributed by atoms with van der Waals surface area (Å²) in [6, 6.07) is 16.7. The Morgan fingerprint density at radius 1 is 0.939 bits per heavy atom. The van der Waals surface area contributed by atoms with Crippen LogP contribution in [0.5, 0.6) is 5.75 Å². The highest BCUT2D eigenvalue weighted by molar-refractivity contribution is 6.23. The van der Waals surface area contributed by atoms with Gasteiger partial charge in [0.2, 0.25) is 5.91 Å². The van der Waals surface area contributed by atoms with Gasteiger partial charge in [-0.15, -0.1) is 0 Å². The highest BCUT2D eigenvalue weighted by Gasteiger charge is 2.52. The number of imide groups is 1. The number of ether oxygens (including phenoxy) is 1. The minimum Gasteiger partial charge on any atom is -0.489 e. The summed E-state index contributed by atoms with van der Waals surface area (Å²) in [7, 11) is 0. The summed E-state index contributed by atoms with van der Waals surface area (Å²) in [6.45, 7) is 4.51. The summed E-state index contributed by atoms with van der Waals surface area (Å²) in [5.41, 5.74) is 2.38. The summed E-state index contributed by atoms with van der Waals surface area (Å²) in [5.74, 6) is -1.23. The Hall–Kier alpha value is -3.61. The molecule has 168 valence electrons. The molecule has 3 aliphatic rings. The fraction of sp³-hybridized carbons (Fsp3) is 0.346. The molecule has 2 heterocycles. The standard InChI is InChI=1S/C26H25N3O4/c1-26(2)12-18-21(19(30)13-26)20(22-23(27-18)28-25(32)29-24(22)31)16-8-10-17(11-9-16)33-14-15-6-4-3-5-7-15/h3-11,20-22H,12-14H2,1-2H3,(H,29,31,32). The van der Waals surface area contributed by atoms with E-state index >= 15 is 0 Å². The maximum absolute atomic E-state index is 13.3. The van der Waals surface area contributed by atoms with Crippen LogP contribution >= 0.6 is 0 Å². The number of aliphatic imine (C=N–C) groups is 2. The van der Waals surface area contributed by atoms with E-state index in [0.29, 0.717) is 30.9 Å². The smallest absolute Gasteiger partial charge is 0.349 e. The van der Waals surface area contributed by atoms with Crippen molar-refractivity contribution in [2.75, 3.05) is 0 Å². The molecule has 3 unspecified atom stereocenters. The fourth-order valence-corrected chi connectivity index (χ4v) is 5.12. The van der Waals surface area contributed by atoms with Gasteiger partial charge >= 0.3 is 6.03 Å². The normalized spacial score (nSPS) is 25.9. The van der Waals surface area contributed by atoms with Crippen molar-refractivity contribution in [2.45, 2.75) is 39.2 Å². The summed E-state index contributed by atoms with van der Waals surface area (Å²) < 4.78 is 5.89. The number of nitrogens with zero attached hydrogens (tertiary/aromatic N) is 2. The molecule has 7 heteroatoms. The molecular weight excluding hydrogens is 418 g/mol. The second-order valence-corrected chi connectivity index (χ2v) is 9.68. The number of benzene rings is 2. The van der Waals surface area contributed by atoms with Gasteiger partial charge in [-0.3, -0.25) is 14.9 Å². The molecule has 5 rings (SSSR count). The van der Waals surface area contributed by atoms with Crippen LogP contribution in [0.2, 0.25) is 0 Å². The van der Waals surface area contributed by atoms with E-state index in [9.17, 15) is 14.4 Å². The minimum atomic E-state index is -0.780. The van der Waals surface area contributed by atoms with Crippen LogP contribution in [0.1, 0.15) is 43.7 Å². The third-order valence-electron chi connectivity index (χ3n) is 6.51. The zero-order valence-electron chi connectivity index (χ0n) is 18.6. The molecule has 0 bridgehead atoms. The molecule has 2 aliphatic heterocycles. The maximum atomic E-state index is 13.3. The van der Waals surface area contributed by atoms with Crippen molar-refractivity contribution in [1.29, 1.82) is 0 Å². The van der Waals surface area contributed by atoms with E-state index in [2.05, 4.69) is 15.3 Å². The fourth-order valence-electron chi connectivity index (χ4n) is 5.12. The average Bonchev–Trinajstić information content (AvgIpc) is 2.76. The number of Topliss-reactive ketones (excluding diaryl/α,β-unsaturated/α-hetero) is 1. The third kappa shape index (κ3) is 4.11. The second-order valence-electron chi connectivity index (χ2n) is 9.68. The first-order chi connectivity index (χ1) is 15.8. The molecule has 0 spiro atoms. The van der Waals surface area contributed by atoms with Gasteiger partial charge in [0.25, 0.3) is 0 Å². The van der Waals surface area contributed by atoms with Crippen molar-refractivity contribution < 1.29 is 19.1 Å². The number of amides is 3. The SMILES string of the molecule is CC1(C)CC(=O)C2C(=NC3=NC(=O)NC(=O)C3C2c2ccc(OCc3ccccc3)cc2)C1. The van der Waals surface area contributed by atoms with Crippen LogP contribution in [-0.2, 0) is 16.2 Å². The van der Waals surface area contributed by atoms with Crippen molar-refractivity contribution in [2.24, 2.45) is 27.2 Å². The monoisotopic (exact) mass is 443 g/mol. The van der Waals surface area contributed by atoms with Crippen LogP contribution in [0.25, 0.3) is 0 Å². The number of hydrogen-bond acceptors (Lipinski definition) is 5. The van der Waals surface area contributed by atoms with Gasteiger partial charge < -0.3 is 4.74 Å². The van der Waals surface area contributed by atoms with Gasteiger partial charge in [-0.25, -0.2) is 9.79 Å². The molecule has 2 aromatic rings. The first kappa shape index (κ1) is 21.2. The molecule has 2 aromatic carbocycles. The molecule has 1 N–H and O–H groups in total. The number of hydrogen-bond donors (Lipinski definition) is 1. The lowest BCUT2D eigenvalue weighted by atomic mass is 9.61. The van der Waals surface area contributed by atoms with E-state index in [1.54, 1.807) is 0 Å². The number of ketones is 1. The van der Waals surface area contributed by atoms with Crippen molar-refractivity contribution in [1.82, 2.24) is 5.32 Å². The number of amidine groups is 1. The summed E-state index contributed by atoms with van der Waals surface area (Å²) in [4.78, 5) is 46.5. The highest BCUT2D eigenvalue weighted by atomic mass is 16.5. The third-order valence-corrected chi connectivity index (χ3v) is 6.51. The number of carbonyl (C=O) groups is 3. The first-order valence-electron chi connectivity index (χ1n) is 11.1. The molecular formula is C26H25N3O4. The first-order valence-corrected chi connectivity index (χ1v) is 11.1. The summed E-state index contributed by atoms with van der Waals surface area (Å²) in [6.07, 6.45) is 1.05. The van der Waals surface area contributed by atoms with Crippen LogP contribution in [0.4, 0.5) is 4.79 Å². The Morgan fingerprint density at radius 2 is 1.67 bits per heavy atom. The molecule has 1 aliphatic carbocycles. The largest absolute Gasteiger partial charge is 0.489 e. The van der Waals surface area contributed by atoms with Gasteiger partial charge in [0.05, 0.1) is 5.92 Å². The predicted octanol–water partition coefficient (Wildman–Crippen LogP) is 4.07. The zero-order valence-corrected chi connectivity index (χ0v) is 18.6. The number of fused-ring (bicyclic) bond motifs is 2. The Labute approximate surface area is 192 Å². The van der Waals surface area contributed by atoms with Crippen molar-refractivity contribution in [3.8, 4) is 5.75 Å². The van der Waals surface area contributed by atoms with E-state index in [4.69, 9.17) is 4.74 Å². The van der Waals surface area contributed by atoms with Crippen molar-refractivity contribution in [3.63, 3.8) is 0 Å². The average molecular weight is 444 g/mol. The second kappa shape index (κ2) is 8.06. The lowest BCUT2D eigenvalue weighted by Gasteiger charge is -2.43. The highest BCUT2D eigenvalue weighted by Crippen LogP contribution is 2.47. The Bertz CT molecular complexity index is 1180. The van der Waals surface area contributed by atoms with Gasteiger partial charge in [0.15, 0.2) is 0 Å². The Kier molecular flexibility index (Phi) is 5.19. The van der Waals surface area contributed by atoms with E-state index in [1.165, 1.54) is 0 Å². The predicted molar refractivity (Wildman–Crippen MR) is 123 cm³/mol. The van der Waals surface area contributed by atoms with E-state index in [1.807, 2.05) is 68.4 Å². The van der Waals surface area contributed by atoms with Gasteiger partial charge in [-0.2, -0.15) is 4.99 Å². The van der Waals surface area contributed by atoms with E-state index in [0.717, 1.165) is 11.1 Å². The topological polar surface area (TPSA) is 97.2 Å².